The van der Waals surface area contributed by atoms with Gasteiger partial charge in [0.25, 0.3) is 5.91 Å². The maximum absolute atomic E-state index is 13.9. The summed E-state index contributed by atoms with van der Waals surface area (Å²) in [4.78, 5) is 14.6. The Labute approximate surface area is 143 Å². The molecule has 0 saturated heterocycles. The van der Waals surface area contributed by atoms with Gasteiger partial charge in [-0.15, -0.1) is 0 Å². The first-order chi connectivity index (χ1) is 11.4. The van der Waals surface area contributed by atoms with E-state index in [0.717, 1.165) is 18.5 Å². The van der Waals surface area contributed by atoms with Gasteiger partial charge in [-0.3, -0.25) is 9.48 Å². The van der Waals surface area contributed by atoms with E-state index >= 15 is 0 Å². The van der Waals surface area contributed by atoms with Crippen molar-refractivity contribution < 1.29 is 9.18 Å². The van der Waals surface area contributed by atoms with Crippen LogP contribution in [-0.2, 0) is 20.0 Å². The molecule has 0 radical (unpaired) electrons. The second kappa shape index (κ2) is 8.08. The molecule has 0 fully saturated rings. The molecule has 0 spiro atoms. The summed E-state index contributed by atoms with van der Waals surface area (Å²) < 4.78 is 15.6. The molecule has 24 heavy (non-hydrogen) atoms. The highest BCUT2D eigenvalue weighted by Gasteiger charge is 2.21. The Balaban J connectivity index is 2.23. The number of carbonyl (C=O) groups is 1. The summed E-state index contributed by atoms with van der Waals surface area (Å²) in [6, 6.07) is 8.45. The Hall–Kier alpha value is -2.17. The van der Waals surface area contributed by atoms with Crippen molar-refractivity contribution in [2.45, 2.75) is 40.2 Å². The number of carbonyl (C=O) groups excluding carboxylic acids is 1. The molecule has 0 saturated carbocycles. The molecule has 5 heteroatoms. The second-order valence-electron chi connectivity index (χ2n) is 6.56. The van der Waals surface area contributed by atoms with Gasteiger partial charge in [-0.25, -0.2) is 4.39 Å². The first-order valence-corrected chi connectivity index (χ1v) is 8.48. The van der Waals surface area contributed by atoms with Gasteiger partial charge in [0, 0.05) is 25.7 Å². The first-order valence-electron chi connectivity index (χ1n) is 8.48. The molecular weight excluding hydrogens is 305 g/mol. The lowest BCUT2D eigenvalue weighted by Crippen LogP contribution is -2.33. The number of benzene rings is 1. The van der Waals surface area contributed by atoms with Crippen molar-refractivity contribution in [1.29, 1.82) is 0 Å². The van der Waals surface area contributed by atoms with Gasteiger partial charge in [0.1, 0.15) is 11.5 Å². The molecule has 130 valence electrons. The van der Waals surface area contributed by atoms with Gasteiger partial charge in [0.15, 0.2) is 0 Å². The Morgan fingerprint density at radius 2 is 2.04 bits per heavy atom. The minimum absolute atomic E-state index is 0.106. The molecule has 1 aromatic heterocycles. The van der Waals surface area contributed by atoms with E-state index < -0.39 is 0 Å². The molecule has 1 heterocycles. The largest absolute Gasteiger partial charge is 0.333 e. The summed E-state index contributed by atoms with van der Waals surface area (Å²) >= 11 is 0. The normalized spacial score (nSPS) is 11.1. The van der Waals surface area contributed by atoms with Crippen LogP contribution in [0.2, 0.25) is 0 Å². The molecular formula is C19H26FN3O. The summed E-state index contributed by atoms with van der Waals surface area (Å²) in [6.07, 6.45) is 1.65. The van der Waals surface area contributed by atoms with Crippen LogP contribution in [0.15, 0.2) is 30.3 Å². The van der Waals surface area contributed by atoms with Crippen molar-refractivity contribution in [2.24, 2.45) is 13.0 Å². The van der Waals surface area contributed by atoms with E-state index in [1.807, 2.05) is 13.0 Å². The van der Waals surface area contributed by atoms with Crippen LogP contribution in [-0.4, -0.2) is 27.1 Å². The monoisotopic (exact) mass is 331 g/mol. The Bertz CT molecular complexity index is 694. The minimum Gasteiger partial charge on any atom is -0.333 e. The Morgan fingerprint density at radius 1 is 1.33 bits per heavy atom. The van der Waals surface area contributed by atoms with Crippen LogP contribution in [0, 0.1) is 11.7 Å². The summed E-state index contributed by atoms with van der Waals surface area (Å²) in [5.74, 6) is 0.0926. The predicted molar refractivity (Wildman–Crippen MR) is 93.2 cm³/mol. The van der Waals surface area contributed by atoms with Gasteiger partial charge in [0.2, 0.25) is 0 Å². The van der Waals surface area contributed by atoms with Crippen LogP contribution >= 0.6 is 0 Å². The fourth-order valence-corrected chi connectivity index (χ4v) is 2.76. The minimum atomic E-state index is -0.281. The average molecular weight is 331 g/mol. The van der Waals surface area contributed by atoms with E-state index in [9.17, 15) is 9.18 Å². The first kappa shape index (κ1) is 18.2. The number of hydrogen-bond acceptors (Lipinski definition) is 2. The van der Waals surface area contributed by atoms with Crippen molar-refractivity contribution in [1.82, 2.24) is 14.7 Å². The van der Waals surface area contributed by atoms with E-state index in [1.54, 1.807) is 34.8 Å². The fourth-order valence-electron chi connectivity index (χ4n) is 2.76. The molecule has 0 atom stereocenters. The number of halogens is 1. The third-order valence-corrected chi connectivity index (χ3v) is 3.87. The van der Waals surface area contributed by atoms with E-state index in [2.05, 4.69) is 18.9 Å². The molecule has 0 aliphatic carbocycles. The number of hydrogen-bond donors (Lipinski definition) is 0. The average Bonchev–Trinajstić information content (AvgIpc) is 2.88. The third-order valence-electron chi connectivity index (χ3n) is 3.87. The summed E-state index contributed by atoms with van der Waals surface area (Å²) in [5.41, 5.74) is 2.00. The lowest BCUT2D eigenvalue weighted by molar-refractivity contribution is 0.0730. The van der Waals surface area contributed by atoms with Gasteiger partial charge in [-0.05, 0) is 30.9 Å². The quantitative estimate of drug-likeness (QED) is 0.774. The van der Waals surface area contributed by atoms with E-state index in [0.29, 0.717) is 23.7 Å². The van der Waals surface area contributed by atoms with Crippen LogP contribution < -0.4 is 0 Å². The highest BCUT2D eigenvalue weighted by molar-refractivity contribution is 5.92. The van der Waals surface area contributed by atoms with Gasteiger partial charge in [-0.2, -0.15) is 5.10 Å². The van der Waals surface area contributed by atoms with Crippen LogP contribution in [0.1, 0.15) is 48.9 Å². The highest BCUT2D eigenvalue weighted by Crippen LogP contribution is 2.15. The molecule has 0 N–H and O–H groups in total. The molecule has 1 amide bonds. The number of amides is 1. The van der Waals surface area contributed by atoms with Crippen molar-refractivity contribution in [2.75, 3.05) is 6.54 Å². The molecule has 0 aliphatic heterocycles. The van der Waals surface area contributed by atoms with Crippen LogP contribution in [0.25, 0.3) is 0 Å². The molecule has 4 nitrogen and oxygen atoms in total. The standard InChI is InChI=1S/C19H26FN3O/c1-5-10-23(13-15-8-6-7-9-17(15)20)19(24)18-12-16(11-14(2)3)21-22(18)4/h6-9,12,14H,5,10-11,13H2,1-4H3. The molecule has 1 aromatic carbocycles. The zero-order valence-corrected chi connectivity index (χ0v) is 14.9. The molecule has 0 unspecified atom stereocenters. The van der Waals surface area contributed by atoms with Gasteiger partial charge >= 0.3 is 0 Å². The Kier molecular flexibility index (Phi) is 6.12. The van der Waals surface area contributed by atoms with Crippen LogP contribution in [0.3, 0.4) is 0 Å². The SMILES string of the molecule is CCCN(Cc1ccccc1F)C(=O)c1cc(CC(C)C)nn1C. The molecule has 2 rings (SSSR count). The van der Waals surface area contributed by atoms with Crippen molar-refractivity contribution >= 4 is 5.91 Å². The van der Waals surface area contributed by atoms with Crippen LogP contribution in [0.5, 0.6) is 0 Å². The fraction of sp³-hybridized carbons (Fsp3) is 0.474. The molecule has 0 aliphatic rings. The lowest BCUT2D eigenvalue weighted by atomic mass is 10.1. The van der Waals surface area contributed by atoms with Crippen molar-refractivity contribution in [3.8, 4) is 0 Å². The van der Waals surface area contributed by atoms with Gasteiger partial charge < -0.3 is 4.90 Å². The summed E-state index contributed by atoms with van der Waals surface area (Å²) in [6.45, 7) is 7.10. The maximum Gasteiger partial charge on any atom is 0.272 e. The van der Waals surface area contributed by atoms with E-state index in [4.69, 9.17) is 0 Å². The molecule has 2 aromatic rings. The highest BCUT2D eigenvalue weighted by atomic mass is 19.1. The van der Waals surface area contributed by atoms with Gasteiger partial charge in [0.05, 0.1) is 5.69 Å². The maximum atomic E-state index is 13.9. The predicted octanol–water partition coefficient (Wildman–Crippen LogP) is 3.81. The number of rotatable bonds is 7. The lowest BCUT2D eigenvalue weighted by Gasteiger charge is -2.22. The van der Waals surface area contributed by atoms with E-state index in [1.165, 1.54) is 6.07 Å². The van der Waals surface area contributed by atoms with Crippen molar-refractivity contribution in [3.63, 3.8) is 0 Å². The zero-order valence-electron chi connectivity index (χ0n) is 14.9. The number of nitrogens with zero attached hydrogens (tertiary/aromatic N) is 3. The topological polar surface area (TPSA) is 38.1 Å². The molecule has 0 bridgehead atoms. The number of aromatic nitrogens is 2. The second-order valence-corrected chi connectivity index (χ2v) is 6.56. The summed E-state index contributed by atoms with van der Waals surface area (Å²) in [7, 11) is 1.78. The third kappa shape index (κ3) is 4.43. The van der Waals surface area contributed by atoms with E-state index in [-0.39, 0.29) is 18.3 Å². The zero-order chi connectivity index (χ0) is 17.7. The van der Waals surface area contributed by atoms with Crippen molar-refractivity contribution in [3.05, 3.63) is 53.1 Å². The number of aryl methyl sites for hydroxylation is 1. The summed E-state index contributed by atoms with van der Waals surface area (Å²) in [5, 5.41) is 4.43. The van der Waals surface area contributed by atoms with Gasteiger partial charge in [-0.1, -0.05) is 39.0 Å². The van der Waals surface area contributed by atoms with Crippen LogP contribution in [0.4, 0.5) is 4.39 Å². The Morgan fingerprint density at radius 3 is 2.67 bits per heavy atom. The smallest absolute Gasteiger partial charge is 0.272 e.